The summed E-state index contributed by atoms with van der Waals surface area (Å²) < 4.78 is 1.20. The zero-order valence-electron chi connectivity index (χ0n) is 10.3. The Morgan fingerprint density at radius 2 is 1.95 bits per heavy atom. The summed E-state index contributed by atoms with van der Waals surface area (Å²) >= 11 is 13.3. The standard InChI is InChI=1S/C15H14Cl2OS/c16-14-8-12(15(17)19-14)13(18)7-9-4-5-10-2-1-3-11(10)6-9/h4-6,8,13,18H,1-3,7H2. The molecule has 1 aliphatic carbocycles. The van der Waals surface area contributed by atoms with Crippen LogP contribution in [0.2, 0.25) is 8.67 Å². The lowest BCUT2D eigenvalue weighted by Gasteiger charge is -2.11. The number of benzene rings is 1. The molecule has 1 atom stereocenters. The third-order valence-corrected chi connectivity index (χ3v) is 5.15. The van der Waals surface area contributed by atoms with Crippen LogP contribution in [0.3, 0.4) is 0 Å². The van der Waals surface area contributed by atoms with E-state index in [1.807, 2.05) is 0 Å². The molecule has 1 N–H and O–H groups in total. The highest BCUT2D eigenvalue weighted by molar-refractivity contribution is 7.20. The predicted octanol–water partition coefficient (Wildman–Crippen LogP) is 4.82. The fraction of sp³-hybridized carbons (Fsp3) is 0.333. The van der Waals surface area contributed by atoms with Crippen molar-refractivity contribution in [2.24, 2.45) is 0 Å². The second kappa shape index (κ2) is 5.45. The van der Waals surface area contributed by atoms with Crippen molar-refractivity contribution in [3.63, 3.8) is 0 Å². The van der Waals surface area contributed by atoms with Gasteiger partial charge in [-0.25, -0.2) is 0 Å². The Balaban J connectivity index is 1.79. The fourth-order valence-corrected chi connectivity index (χ4v) is 4.23. The van der Waals surface area contributed by atoms with Crippen LogP contribution in [-0.2, 0) is 19.3 Å². The van der Waals surface area contributed by atoms with Crippen LogP contribution in [0.25, 0.3) is 0 Å². The minimum Gasteiger partial charge on any atom is -0.388 e. The van der Waals surface area contributed by atoms with E-state index in [1.54, 1.807) is 6.07 Å². The Morgan fingerprint density at radius 1 is 1.16 bits per heavy atom. The molecule has 4 heteroatoms. The van der Waals surface area contributed by atoms with Gasteiger partial charge in [-0.1, -0.05) is 41.4 Å². The summed E-state index contributed by atoms with van der Waals surface area (Å²) in [4.78, 5) is 0. The first-order chi connectivity index (χ1) is 9.13. The van der Waals surface area contributed by atoms with Crippen molar-refractivity contribution in [2.45, 2.75) is 31.8 Å². The minimum absolute atomic E-state index is 0.582. The second-order valence-corrected chi connectivity index (χ2v) is 7.24. The molecule has 1 aliphatic rings. The smallest absolute Gasteiger partial charge is 0.100 e. The average Bonchev–Trinajstić information content (AvgIpc) is 2.94. The molecule has 0 amide bonds. The molecule has 0 saturated carbocycles. The number of thiophene rings is 1. The van der Waals surface area contributed by atoms with Crippen LogP contribution in [0.4, 0.5) is 0 Å². The van der Waals surface area contributed by atoms with E-state index >= 15 is 0 Å². The van der Waals surface area contributed by atoms with Crippen LogP contribution in [0.1, 0.15) is 34.8 Å². The van der Waals surface area contributed by atoms with Gasteiger partial charge in [0.1, 0.15) is 4.34 Å². The predicted molar refractivity (Wildman–Crippen MR) is 81.5 cm³/mol. The summed E-state index contributed by atoms with van der Waals surface area (Å²) in [5.74, 6) is 0. The van der Waals surface area contributed by atoms with E-state index in [-0.39, 0.29) is 0 Å². The molecule has 1 unspecified atom stereocenters. The summed E-state index contributed by atoms with van der Waals surface area (Å²) in [5.41, 5.74) is 4.78. The zero-order chi connectivity index (χ0) is 13.4. The molecule has 2 aromatic rings. The number of fused-ring (bicyclic) bond motifs is 1. The first-order valence-corrected chi connectivity index (χ1v) is 7.94. The summed E-state index contributed by atoms with van der Waals surface area (Å²) in [6.07, 6.45) is 3.58. The van der Waals surface area contributed by atoms with Crippen molar-refractivity contribution >= 4 is 34.5 Å². The summed E-state index contributed by atoms with van der Waals surface area (Å²) in [6, 6.07) is 8.27. The van der Waals surface area contributed by atoms with Crippen molar-refractivity contribution in [3.8, 4) is 0 Å². The molecule has 1 aromatic carbocycles. The topological polar surface area (TPSA) is 20.2 Å². The highest BCUT2D eigenvalue weighted by Gasteiger charge is 2.17. The third-order valence-electron chi connectivity index (χ3n) is 3.63. The summed E-state index contributed by atoms with van der Waals surface area (Å²) in [6.45, 7) is 0. The van der Waals surface area contributed by atoms with Gasteiger partial charge in [0.15, 0.2) is 0 Å². The van der Waals surface area contributed by atoms with Gasteiger partial charge in [0.25, 0.3) is 0 Å². The Hall–Kier alpha value is -0.540. The number of aliphatic hydroxyl groups excluding tert-OH is 1. The van der Waals surface area contributed by atoms with Gasteiger partial charge >= 0.3 is 0 Å². The maximum Gasteiger partial charge on any atom is 0.100 e. The lowest BCUT2D eigenvalue weighted by molar-refractivity contribution is 0.179. The molecule has 0 fully saturated rings. The van der Waals surface area contributed by atoms with Gasteiger partial charge in [-0.2, -0.15) is 0 Å². The van der Waals surface area contributed by atoms with Crippen LogP contribution in [0, 0.1) is 0 Å². The number of hydrogen-bond donors (Lipinski definition) is 1. The van der Waals surface area contributed by atoms with Crippen molar-refractivity contribution in [1.82, 2.24) is 0 Å². The lowest BCUT2D eigenvalue weighted by Crippen LogP contribution is -2.01. The van der Waals surface area contributed by atoms with Crippen LogP contribution < -0.4 is 0 Å². The van der Waals surface area contributed by atoms with Gasteiger partial charge in [-0.15, -0.1) is 11.3 Å². The molecule has 0 spiro atoms. The number of halogens is 2. The van der Waals surface area contributed by atoms with Gasteiger partial charge < -0.3 is 5.11 Å². The van der Waals surface area contributed by atoms with Gasteiger partial charge in [0.2, 0.25) is 0 Å². The SMILES string of the molecule is OC(Cc1ccc2c(c1)CCC2)c1cc(Cl)sc1Cl. The normalized spacial score (nSPS) is 15.5. The first-order valence-electron chi connectivity index (χ1n) is 6.37. The van der Waals surface area contributed by atoms with Crippen LogP contribution in [0.5, 0.6) is 0 Å². The Labute approximate surface area is 126 Å². The molecular weight excluding hydrogens is 299 g/mol. The molecule has 0 bridgehead atoms. The van der Waals surface area contributed by atoms with Crippen molar-refractivity contribution in [2.75, 3.05) is 0 Å². The summed E-state index contributed by atoms with van der Waals surface area (Å²) in [5, 5.41) is 10.3. The molecule has 100 valence electrons. The van der Waals surface area contributed by atoms with Crippen molar-refractivity contribution < 1.29 is 5.11 Å². The summed E-state index contributed by atoms with van der Waals surface area (Å²) in [7, 11) is 0. The largest absolute Gasteiger partial charge is 0.388 e. The monoisotopic (exact) mass is 312 g/mol. The molecule has 1 aromatic heterocycles. The quantitative estimate of drug-likeness (QED) is 0.861. The van der Waals surface area contributed by atoms with E-state index in [1.165, 1.54) is 35.3 Å². The van der Waals surface area contributed by atoms with Gasteiger partial charge in [0.05, 0.1) is 10.4 Å². The zero-order valence-corrected chi connectivity index (χ0v) is 12.7. The number of aliphatic hydroxyl groups is 1. The molecule has 0 radical (unpaired) electrons. The molecule has 0 saturated heterocycles. The molecule has 1 heterocycles. The fourth-order valence-electron chi connectivity index (χ4n) is 2.67. The maximum absolute atomic E-state index is 10.3. The highest BCUT2D eigenvalue weighted by atomic mass is 35.5. The number of hydrogen-bond acceptors (Lipinski definition) is 2. The van der Waals surface area contributed by atoms with E-state index in [0.29, 0.717) is 15.1 Å². The van der Waals surface area contributed by atoms with Crippen molar-refractivity contribution in [3.05, 3.63) is 55.2 Å². The second-order valence-electron chi connectivity index (χ2n) is 4.96. The van der Waals surface area contributed by atoms with E-state index in [2.05, 4.69) is 18.2 Å². The number of rotatable bonds is 3. The molecule has 1 nitrogen and oxygen atoms in total. The van der Waals surface area contributed by atoms with E-state index in [0.717, 1.165) is 17.5 Å². The molecule has 19 heavy (non-hydrogen) atoms. The average molecular weight is 313 g/mol. The maximum atomic E-state index is 10.3. The Bertz CT molecular complexity index is 606. The lowest BCUT2D eigenvalue weighted by atomic mass is 10.00. The van der Waals surface area contributed by atoms with Gasteiger partial charge in [-0.3, -0.25) is 0 Å². The first kappa shape index (κ1) is 13.4. The third kappa shape index (κ3) is 2.82. The highest BCUT2D eigenvalue weighted by Crippen LogP contribution is 2.36. The molecule has 3 rings (SSSR count). The molecular formula is C15H14Cl2OS. The van der Waals surface area contributed by atoms with Gasteiger partial charge in [0, 0.05) is 12.0 Å². The van der Waals surface area contributed by atoms with Crippen LogP contribution in [0.15, 0.2) is 24.3 Å². The van der Waals surface area contributed by atoms with Gasteiger partial charge in [-0.05, 0) is 42.0 Å². The van der Waals surface area contributed by atoms with Crippen LogP contribution in [-0.4, -0.2) is 5.11 Å². The number of aryl methyl sites for hydroxylation is 2. The minimum atomic E-state index is -0.587. The van der Waals surface area contributed by atoms with Crippen LogP contribution >= 0.6 is 34.5 Å². The van der Waals surface area contributed by atoms with E-state index < -0.39 is 6.10 Å². The Kier molecular flexibility index (Phi) is 3.86. The Morgan fingerprint density at radius 3 is 2.68 bits per heavy atom. The molecule has 0 aliphatic heterocycles. The van der Waals surface area contributed by atoms with Crippen molar-refractivity contribution in [1.29, 1.82) is 0 Å². The van der Waals surface area contributed by atoms with E-state index in [9.17, 15) is 5.11 Å². The van der Waals surface area contributed by atoms with E-state index in [4.69, 9.17) is 23.2 Å².